The molecule has 2 aromatic heterocycles. The summed E-state index contributed by atoms with van der Waals surface area (Å²) < 4.78 is 1.54. The number of hydrogen-bond acceptors (Lipinski definition) is 5. The Balaban J connectivity index is 1.59. The van der Waals surface area contributed by atoms with Crippen LogP contribution in [0.1, 0.15) is 6.92 Å². The largest absolute Gasteiger partial charge is 0.323 e. The van der Waals surface area contributed by atoms with Gasteiger partial charge in [-0.1, -0.05) is 23.7 Å². The molecule has 1 unspecified atom stereocenters. The molecule has 1 atom stereocenters. The van der Waals surface area contributed by atoms with Crippen LogP contribution in [-0.4, -0.2) is 30.9 Å². The molecule has 4 aromatic rings. The zero-order chi connectivity index (χ0) is 20.4. The first-order chi connectivity index (χ1) is 14.0. The lowest BCUT2D eigenvalue weighted by Gasteiger charge is -2.15. The van der Waals surface area contributed by atoms with Crippen molar-refractivity contribution < 1.29 is 4.79 Å². The van der Waals surface area contributed by atoms with Gasteiger partial charge >= 0.3 is 0 Å². The number of aromatic nitrogens is 4. The van der Waals surface area contributed by atoms with Crippen LogP contribution in [0.2, 0.25) is 5.02 Å². The number of anilines is 1. The first-order valence-electron chi connectivity index (χ1n) is 8.77. The number of thioether (sulfide) groups is 1. The monoisotopic (exact) mass is 425 g/mol. The van der Waals surface area contributed by atoms with Crippen molar-refractivity contribution in [1.82, 2.24) is 19.7 Å². The number of aromatic amines is 1. The number of nitrogens with one attached hydrogen (secondary N) is 2. The van der Waals surface area contributed by atoms with Gasteiger partial charge in [-0.3, -0.25) is 9.59 Å². The molecule has 2 heterocycles. The molecular formula is C20H16ClN5O2S. The molecule has 0 radical (unpaired) electrons. The number of hydrogen-bond donors (Lipinski definition) is 2. The second kappa shape index (κ2) is 8.10. The van der Waals surface area contributed by atoms with Gasteiger partial charge in [0.2, 0.25) is 5.91 Å². The molecule has 9 heteroatoms. The third-order valence-corrected chi connectivity index (χ3v) is 5.62. The predicted molar refractivity (Wildman–Crippen MR) is 115 cm³/mol. The molecule has 4 rings (SSSR count). The van der Waals surface area contributed by atoms with Crippen LogP contribution < -0.4 is 10.9 Å². The lowest BCUT2D eigenvalue weighted by molar-refractivity contribution is -0.115. The zero-order valence-electron chi connectivity index (χ0n) is 15.3. The minimum atomic E-state index is -0.334. The van der Waals surface area contributed by atoms with E-state index in [4.69, 9.17) is 11.6 Å². The highest BCUT2D eigenvalue weighted by molar-refractivity contribution is 8.00. The van der Waals surface area contributed by atoms with Crippen molar-refractivity contribution in [2.75, 3.05) is 5.32 Å². The van der Waals surface area contributed by atoms with Crippen LogP contribution in [0.25, 0.3) is 16.7 Å². The van der Waals surface area contributed by atoms with E-state index >= 15 is 0 Å². The number of benzene rings is 2. The Morgan fingerprint density at radius 1 is 1.21 bits per heavy atom. The normalized spacial score (nSPS) is 12.1. The van der Waals surface area contributed by atoms with E-state index in [1.54, 1.807) is 18.2 Å². The maximum atomic E-state index is 12.8. The lowest BCUT2D eigenvalue weighted by Crippen LogP contribution is -2.23. The highest BCUT2D eigenvalue weighted by Crippen LogP contribution is 2.27. The molecule has 0 aliphatic rings. The van der Waals surface area contributed by atoms with Crippen molar-refractivity contribution in [2.24, 2.45) is 0 Å². The summed E-state index contributed by atoms with van der Waals surface area (Å²) in [7, 11) is 0. The summed E-state index contributed by atoms with van der Waals surface area (Å²) in [6, 6.07) is 14.6. The van der Waals surface area contributed by atoms with Gasteiger partial charge in [-0.25, -0.2) is 9.67 Å². The molecular weight excluding hydrogens is 410 g/mol. The SMILES string of the molecule is CC(Sc1ccc(Cl)cc1)C(=O)Nc1ccccc1-n1ncc2c(=O)[nH]cnc21. The van der Waals surface area contributed by atoms with Gasteiger partial charge in [0.25, 0.3) is 5.56 Å². The van der Waals surface area contributed by atoms with Gasteiger partial charge in [0.1, 0.15) is 5.39 Å². The smallest absolute Gasteiger partial charge is 0.261 e. The molecule has 0 spiro atoms. The second-order valence-electron chi connectivity index (χ2n) is 6.25. The van der Waals surface area contributed by atoms with Crippen molar-refractivity contribution in [3.8, 4) is 5.69 Å². The van der Waals surface area contributed by atoms with Gasteiger partial charge in [0.05, 0.1) is 29.1 Å². The number of rotatable bonds is 5. The van der Waals surface area contributed by atoms with Crippen LogP contribution in [0.3, 0.4) is 0 Å². The molecule has 2 aromatic carbocycles. The van der Waals surface area contributed by atoms with Gasteiger partial charge in [-0.15, -0.1) is 11.8 Å². The van der Waals surface area contributed by atoms with Crippen molar-refractivity contribution in [3.05, 3.63) is 76.4 Å². The predicted octanol–water partition coefficient (Wildman–Crippen LogP) is 3.88. The van der Waals surface area contributed by atoms with E-state index < -0.39 is 0 Å². The van der Waals surface area contributed by atoms with Crippen LogP contribution in [0.5, 0.6) is 0 Å². The number of para-hydroxylation sites is 2. The lowest BCUT2D eigenvalue weighted by atomic mass is 10.2. The van der Waals surface area contributed by atoms with E-state index in [0.29, 0.717) is 27.4 Å². The maximum Gasteiger partial charge on any atom is 0.261 e. The number of carbonyl (C=O) groups excluding carboxylic acids is 1. The third-order valence-electron chi connectivity index (χ3n) is 4.26. The number of fused-ring (bicyclic) bond motifs is 1. The molecule has 2 N–H and O–H groups in total. The number of halogens is 1. The number of amides is 1. The highest BCUT2D eigenvalue weighted by atomic mass is 35.5. The maximum absolute atomic E-state index is 12.8. The zero-order valence-corrected chi connectivity index (χ0v) is 16.9. The quantitative estimate of drug-likeness (QED) is 0.473. The Labute approximate surface area is 175 Å². The van der Waals surface area contributed by atoms with Crippen molar-refractivity contribution in [3.63, 3.8) is 0 Å². The Kier molecular flexibility index (Phi) is 5.37. The van der Waals surface area contributed by atoms with Crippen molar-refractivity contribution in [2.45, 2.75) is 17.1 Å². The standard InChI is InChI=1S/C20H16ClN5O2S/c1-12(29-14-8-6-13(21)7-9-14)19(27)25-16-4-2-3-5-17(16)26-18-15(10-24-26)20(28)23-11-22-18/h2-12H,1H3,(H,25,27)(H,22,23,28). The van der Waals surface area contributed by atoms with E-state index in [1.165, 1.54) is 29.0 Å². The Morgan fingerprint density at radius 2 is 1.97 bits per heavy atom. The summed E-state index contributed by atoms with van der Waals surface area (Å²) in [5.74, 6) is -0.153. The average molecular weight is 426 g/mol. The van der Waals surface area contributed by atoms with Gasteiger partial charge in [0.15, 0.2) is 5.65 Å². The van der Waals surface area contributed by atoms with Crippen LogP contribution in [0.15, 0.2) is 70.7 Å². The van der Waals surface area contributed by atoms with Crippen LogP contribution in [0.4, 0.5) is 5.69 Å². The van der Waals surface area contributed by atoms with Crippen molar-refractivity contribution >= 4 is 46.0 Å². The minimum absolute atomic E-state index is 0.153. The number of nitrogens with zero attached hydrogens (tertiary/aromatic N) is 3. The molecule has 0 saturated carbocycles. The topological polar surface area (TPSA) is 92.7 Å². The molecule has 0 aliphatic carbocycles. The van der Waals surface area contributed by atoms with E-state index in [9.17, 15) is 9.59 Å². The highest BCUT2D eigenvalue weighted by Gasteiger charge is 2.18. The summed E-state index contributed by atoms with van der Waals surface area (Å²) in [5, 5.41) is 7.92. The van der Waals surface area contributed by atoms with Crippen LogP contribution in [0, 0.1) is 0 Å². The van der Waals surface area contributed by atoms with Crippen molar-refractivity contribution in [1.29, 1.82) is 0 Å². The minimum Gasteiger partial charge on any atom is -0.323 e. The first-order valence-corrected chi connectivity index (χ1v) is 10.0. The molecule has 146 valence electrons. The third kappa shape index (κ3) is 4.03. The van der Waals surface area contributed by atoms with Gasteiger partial charge in [-0.05, 0) is 43.3 Å². The van der Waals surface area contributed by atoms with E-state index in [1.807, 2.05) is 37.3 Å². The Hall–Kier alpha value is -3.10. The molecule has 29 heavy (non-hydrogen) atoms. The van der Waals surface area contributed by atoms with Gasteiger partial charge in [0, 0.05) is 9.92 Å². The molecule has 0 fully saturated rings. The van der Waals surface area contributed by atoms with Gasteiger partial charge < -0.3 is 10.3 Å². The van der Waals surface area contributed by atoms with Gasteiger partial charge in [-0.2, -0.15) is 5.10 Å². The summed E-state index contributed by atoms with van der Waals surface area (Å²) in [4.78, 5) is 32.4. The van der Waals surface area contributed by atoms with E-state index in [2.05, 4.69) is 20.4 Å². The second-order valence-corrected chi connectivity index (χ2v) is 8.10. The Morgan fingerprint density at radius 3 is 2.76 bits per heavy atom. The number of carbonyl (C=O) groups is 1. The summed E-state index contributed by atoms with van der Waals surface area (Å²) >= 11 is 7.35. The fraction of sp³-hybridized carbons (Fsp3) is 0.100. The van der Waals surface area contributed by atoms with Crippen LogP contribution in [-0.2, 0) is 4.79 Å². The van der Waals surface area contributed by atoms with E-state index in [-0.39, 0.29) is 16.7 Å². The Bertz CT molecular complexity index is 1240. The summed E-state index contributed by atoms with van der Waals surface area (Å²) in [6.07, 6.45) is 2.79. The molecule has 0 saturated heterocycles. The fourth-order valence-corrected chi connectivity index (χ4v) is 3.80. The van der Waals surface area contributed by atoms with Crippen LogP contribution >= 0.6 is 23.4 Å². The fourth-order valence-electron chi connectivity index (χ4n) is 2.80. The molecule has 0 bridgehead atoms. The number of H-pyrrole nitrogens is 1. The average Bonchev–Trinajstić information content (AvgIpc) is 3.15. The summed E-state index contributed by atoms with van der Waals surface area (Å²) in [6.45, 7) is 1.83. The molecule has 0 aliphatic heterocycles. The first kappa shape index (κ1) is 19.2. The molecule has 7 nitrogen and oxygen atoms in total. The molecule has 1 amide bonds. The summed E-state index contributed by atoms with van der Waals surface area (Å²) in [5.41, 5.74) is 1.35. The van der Waals surface area contributed by atoms with E-state index in [0.717, 1.165) is 4.90 Å².